The minimum atomic E-state index is -0.692. The molecule has 0 heterocycles. The van der Waals surface area contributed by atoms with Gasteiger partial charge in [0.05, 0.1) is 11.1 Å². The highest BCUT2D eigenvalue weighted by Crippen LogP contribution is 2.22. The van der Waals surface area contributed by atoms with E-state index in [1.807, 2.05) is 13.8 Å². The third-order valence-electron chi connectivity index (χ3n) is 2.40. The first kappa shape index (κ1) is 13.8. The molecule has 0 saturated carbocycles. The first-order valence-electron chi connectivity index (χ1n) is 5.32. The number of carbonyl (C=O) groups excluding carboxylic acids is 1. The molecule has 4 nitrogen and oxygen atoms in total. The number of esters is 1. The molecule has 0 spiro atoms. The number of benzene rings is 1. The van der Waals surface area contributed by atoms with Gasteiger partial charge in [0.25, 0.3) is 0 Å². The number of hydrogen-bond donors (Lipinski definition) is 2. The fourth-order valence-electron chi connectivity index (χ4n) is 1.18. The predicted octanol–water partition coefficient (Wildman–Crippen LogP) is 2.10. The molecule has 3 N–H and O–H groups in total. The largest absolute Gasteiger partial charge is 0.459 e. The number of ether oxygens (including phenoxy) is 1. The maximum Gasteiger partial charge on any atom is 0.341 e. The molecule has 0 aliphatic heterocycles. The van der Waals surface area contributed by atoms with Crippen molar-refractivity contribution in [1.82, 2.24) is 0 Å². The second-order valence-corrected chi connectivity index (χ2v) is 4.52. The minimum Gasteiger partial charge on any atom is -0.459 e. The summed E-state index contributed by atoms with van der Waals surface area (Å²) in [5.41, 5.74) is 6.05. The first-order chi connectivity index (χ1) is 7.93. The quantitative estimate of drug-likeness (QED) is 0.640. The van der Waals surface area contributed by atoms with E-state index in [9.17, 15) is 9.90 Å². The number of nitrogens with two attached hydrogens (primary N) is 1. The molecule has 0 aromatic heterocycles. The average molecular weight is 258 g/mol. The van der Waals surface area contributed by atoms with Crippen LogP contribution >= 0.6 is 11.6 Å². The van der Waals surface area contributed by atoms with Gasteiger partial charge in [0.2, 0.25) is 0 Å². The van der Waals surface area contributed by atoms with Crippen LogP contribution in [0.4, 0.5) is 5.69 Å². The molecule has 0 bridgehead atoms. The summed E-state index contributed by atoms with van der Waals surface area (Å²) in [5, 5.41) is 9.76. The van der Waals surface area contributed by atoms with Gasteiger partial charge in [-0.3, -0.25) is 0 Å². The molecular formula is C12H16ClNO3. The number of anilines is 1. The zero-order chi connectivity index (χ0) is 13.0. The Morgan fingerprint density at radius 3 is 2.71 bits per heavy atom. The minimum absolute atomic E-state index is 0.0198. The lowest BCUT2D eigenvalue weighted by Gasteiger charge is -2.15. The van der Waals surface area contributed by atoms with Crippen molar-refractivity contribution in [2.45, 2.75) is 20.0 Å². The fourth-order valence-corrected chi connectivity index (χ4v) is 1.44. The van der Waals surface area contributed by atoms with Crippen LogP contribution in [0.15, 0.2) is 18.2 Å². The Morgan fingerprint density at radius 1 is 1.53 bits per heavy atom. The summed E-state index contributed by atoms with van der Waals surface area (Å²) < 4.78 is 4.96. The van der Waals surface area contributed by atoms with Gasteiger partial charge >= 0.3 is 5.97 Å². The summed E-state index contributed by atoms with van der Waals surface area (Å²) in [4.78, 5) is 11.7. The van der Waals surface area contributed by atoms with Crippen LogP contribution in [-0.2, 0) is 4.74 Å². The van der Waals surface area contributed by atoms with Gasteiger partial charge in [-0.2, -0.15) is 0 Å². The zero-order valence-corrected chi connectivity index (χ0v) is 10.6. The lowest BCUT2D eigenvalue weighted by molar-refractivity contribution is 0.0138. The number of carbonyl (C=O) groups is 1. The topological polar surface area (TPSA) is 72.5 Å². The summed E-state index contributed by atoms with van der Waals surface area (Å²) >= 11 is 5.86. The van der Waals surface area contributed by atoms with Crippen molar-refractivity contribution in [2.75, 3.05) is 12.3 Å². The average Bonchev–Trinajstić information content (AvgIpc) is 2.25. The summed E-state index contributed by atoms with van der Waals surface area (Å²) in [5.74, 6) is -0.598. The molecule has 1 atom stereocenters. The van der Waals surface area contributed by atoms with Crippen LogP contribution in [0.1, 0.15) is 24.2 Å². The molecular weight excluding hydrogens is 242 g/mol. The number of rotatable bonds is 4. The van der Waals surface area contributed by atoms with Crippen molar-refractivity contribution in [1.29, 1.82) is 0 Å². The van der Waals surface area contributed by atoms with Gasteiger partial charge in [0, 0.05) is 5.69 Å². The van der Waals surface area contributed by atoms with Gasteiger partial charge in [-0.15, -0.1) is 0 Å². The second-order valence-electron chi connectivity index (χ2n) is 4.11. The van der Waals surface area contributed by atoms with E-state index in [0.29, 0.717) is 0 Å². The van der Waals surface area contributed by atoms with E-state index in [0.717, 1.165) is 0 Å². The normalized spacial score (nSPS) is 12.5. The Morgan fingerprint density at radius 2 is 2.18 bits per heavy atom. The molecule has 0 radical (unpaired) electrons. The van der Waals surface area contributed by atoms with Gasteiger partial charge in [0.1, 0.15) is 12.2 Å². The zero-order valence-electron chi connectivity index (χ0n) is 9.81. The molecule has 17 heavy (non-hydrogen) atoms. The van der Waals surface area contributed by atoms with Crippen LogP contribution in [0.2, 0.25) is 5.02 Å². The van der Waals surface area contributed by atoms with Gasteiger partial charge in [-0.05, 0) is 18.1 Å². The Bertz CT molecular complexity index is 386. The van der Waals surface area contributed by atoms with Crippen molar-refractivity contribution >= 4 is 23.3 Å². The highest BCUT2D eigenvalue weighted by Gasteiger charge is 2.18. The number of hydrogen-bond acceptors (Lipinski definition) is 4. The maximum atomic E-state index is 11.7. The van der Waals surface area contributed by atoms with E-state index < -0.39 is 12.1 Å². The monoisotopic (exact) mass is 257 g/mol. The molecule has 1 aromatic rings. The summed E-state index contributed by atoms with van der Waals surface area (Å²) in [6.07, 6.45) is -0.692. The van der Waals surface area contributed by atoms with E-state index >= 15 is 0 Å². The van der Waals surface area contributed by atoms with Gasteiger partial charge in [0.15, 0.2) is 0 Å². The Labute approximate surface area is 105 Å². The molecule has 5 heteroatoms. The standard InChI is InChI=1S/C12H16ClNO3/c1-7(2)10(15)6-17-12(16)11-8(13)4-3-5-9(11)14/h3-5,7,10,15H,6,14H2,1-2H3. The Balaban J connectivity index is 2.71. The van der Waals surface area contributed by atoms with E-state index in [2.05, 4.69) is 0 Å². The van der Waals surface area contributed by atoms with Crippen molar-refractivity contribution in [3.63, 3.8) is 0 Å². The van der Waals surface area contributed by atoms with E-state index in [1.165, 1.54) is 0 Å². The lowest BCUT2D eigenvalue weighted by atomic mass is 10.1. The molecule has 0 saturated heterocycles. The van der Waals surface area contributed by atoms with Gasteiger partial charge in [-0.25, -0.2) is 4.79 Å². The molecule has 1 aromatic carbocycles. The highest BCUT2D eigenvalue weighted by molar-refractivity contribution is 6.34. The molecule has 94 valence electrons. The lowest BCUT2D eigenvalue weighted by Crippen LogP contribution is -2.24. The molecule has 1 unspecified atom stereocenters. The van der Waals surface area contributed by atoms with Gasteiger partial charge in [-0.1, -0.05) is 31.5 Å². The van der Waals surface area contributed by atoms with Crippen LogP contribution < -0.4 is 5.73 Å². The smallest absolute Gasteiger partial charge is 0.341 e. The molecule has 0 aliphatic rings. The fraction of sp³-hybridized carbons (Fsp3) is 0.417. The SMILES string of the molecule is CC(C)C(O)COC(=O)c1c(N)cccc1Cl. The predicted molar refractivity (Wildman–Crippen MR) is 67.0 cm³/mol. The molecule has 1 rings (SSSR count). The van der Waals surface area contributed by atoms with Crippen LogP contribution in [0.25, 0.3) is 0 Å². The number of nitrogen functional groups attached to an aromatic ring is 1. The first-order valence-corrected chi connectivity index (χ1v) is 5.70. The maximum absolute atomic E-state index is 11.7. The molecule has 0 aliphatic carbocycles. The Kier molecular flexibility index (Phi) is 4.78. The van der Waals surface area contributed by atoms with Gasteiger partial charge < -0.3 is 15.6 Å². The summed E-state index contributed by atoms with van der Waals surface area (Å²) in [6, 6.07) is 4.78. The van der Waals surface area contributed by atoms with E-state index in [4.69, 9.17) is 22.1 Å². The number of aliphatic hydroxyl groups excluding tert-OH is 1. The van der Waals surface area contributed by atoms with Crippen LogP contribution in [0.3, 0.4) is 0 Å². The van der Waals surface area contributed by atoms with E-state index in [-0.39, 0.29) is 28.8 Å². The third kappa shape index (κ3) is 3.61. The van der Waals surface area contributed by atoms with Crippen molar-refractivity contribution in [2.24, 2.45) is 5.92 Å². The number of halogens is 1. The summed E-state index contributed by atoms with van der Waals surface area (Å²) in [6.45, 7) is 3.60. The van der Waals surface area contributed by atoms with Crippen LogP contribution in [0, 0.1) is 5.92 Å². The van der Waals surface area contributed by atoms with E-state index in [1.54, 1.807) is 18.2 Å². The van der Waals surface area contributed by atoms with Crippen molar-refractivity contribution < 1.29 is 14.6 Å². The summed E-state index contributed by atoms with van der Waals surface area (Å²) in [7, 11) is 0. The number of aliphatic hydroxyl groups is 1. The van der Waals surface area contributed by atoms with Crippen LogP contribution in [-0.4, -0.2) is 23.8 Å². The van der Waals surface area contributed by atoms with Crippen molar-refractivity contribution in [3.8, 4) is 0 Å². The van der Waals surface area contributed by atoms with Crippen LogP contribution in [0.5, 0.6) is 0 Å². The Hall–Kier alpha value is -1.26. The molecule has 0 amide bonds. The second kappa shape index (κ2) is 5.89. The molecule has 0 fully saturated rings. The highest BCUT2D eigenvalue weighted by atomic mass is 35.5. The third-order valence-corrected chi connectivity index (χ3v) is 2.72. The van der Waals surface area contributed by atoms with Crippen molar-refractivity contribution in [3.05, 3.63) is 28.8 Å².